The molecule has 1 aromatic carbocycles. The summed E-state index contributed by atoms with van der Waals surface area (Å²) < 4.78 is 10.5. The van der Waals surface area contributed by atoms with Gasteiger partial charge in [0.05, 0.1) is 6.54 Å². The van der Waals surface area contributed by atoms with Crippen molar-refractivity contribution in [3.05, 3.63) is 23.8 Å². The molecule has 2 aliphatic heterocycles. The number of ether oxygens (including phenoxy) is 2. The third kappa shape index (κ3) is 1.72. The second kappa shape index (κ2) is 3.98. The van der Waals surface area contributed by atoms with Crippen molar-refractivity contribution < 1.29 is 9.47 Å². The van der Waals surface area contributed by atoms with Crippen LogP contribution in [0.4, 0.5) is 0 Å². The van der Waals surface area contributed by atoms with Gasteiger partial charge in [0.15, 0.2) is 11.5 Å². The average molecular weight is 227 g/mol. The fourth-order valence-electron chi connectivity index (χ4n) is 1.64. The van der Waals surface area contributed by atoms with Crippen LogP contribution in [-0.2, 0) is 0 Å². The van der Waals surface area contributed by atoms with Crippen molar-refractivity contribution in [2.75, 3.05) is 19.9 Å². The molecule has 2 aliphatic rings. The zero-order valence-electron chi connectivity index (χ0n) is 8.03. The lowest BCUT2D eigenvalue weighted by Crippen LogP contribution is -2.19. The van der Waals surface area contributed by atoms with E-state index in [9.17, 15) is 0 Å². The Hall–Kier alpha value is -1.42. The van der Waals surface area contributed by atoms with Crippen LogP contribution in [0.25, 0.3) is 0 Å². The van der Waals surface area contributed by atoms with Crippen molar-refractivity contribution >= 4 is 18.2 Å². The monoisotopic (exact) mass is 226 g/mol. The number of amidine groups is 1. The molecule has 15 heavy (non-hydrogen) atoms. The highest BCUT2D eigenvalue weighted by atomic mass is 35.5. The Morgan fingerprint density at radius 3 is 2.87 bits per heavy atom. The number of nitrogens with one attached hydrogen (secondary N) is 1. The van der Waals surface area contributed by atoms with Gasteiger partial charge in [-0.25, -0.2) is 0 Å². The predicted molar refractivity (Wildman–Crippen MR) is 59.2 cm³/mol. The molecule has 0 spiro atoms. The highest BCUT2D eigenvalue weighted by Gasteiger charge is 2.16. The van der Waals surface area contributed by atoms with Crippen LogP contribution >= 0.6 is 12.4 Å². The van der Waals surface area contributed by atoms with Crippen molar-refractivity contribution in [1.82, 2.24) is 5.32 Å². The topological polar surface area (TPSA) is 42.9 Å². The van der Waals surface area contributed by atoms with Gasteiger partial charge in [-0.05, 0) is 18.2 Å². The van der Waals surface area contributed by atoms with Gasteiger partial charge < -0.3 is 14.8 Å². The smallest absolute Gasteiger partial charge is 0.231 e. The summed E-state index contributed by atoms with van der Waals surface area (Å²) in [6.07, 6.45) is 0. The summed E-state index contributed by atoms with van der Waals surface area (Å²) in [7, 11) is 0. The van der Waals surface area contributed by atoms with Crippen LogP contribution in [0.5, 0.6) is 11.5 Å². The summed E-state index contributed by atoms with van der Waals surface area (Å²) in [6, 6.07) is 5.87. The molecule has 0 amide bonds. The SMILES string of the molecule is Cl.c1cc2c(cc1C1=NCCN1)OCO2. The summed E-state index contributed by atoms with van der Waals surface area (Å²) in [6.45, 7) is 2.09. The van der Waals surface area contributed by atoms with E-state index in [1.807, 2.05) is 18.2 Å². The number of fused-ring (bicyclic) bond motifs is 1. The molecule has 1 N–H and O–H groups in total. The number of hydrogen-bond donors (Lipinski definition) is 1. The number of nitrogens with zero attached hydrogens (tertiary/aromatic N) is 1. The van der Waals surface area contributed by atoms with Crippen LogP contribution in [-0.4, -0.2) is 25.7 Å². The second-order valence-corrected chi connectivity index (χ2v) is 3.23. The van der Waals surface area contributed by atoms with E-state index in [0.717, 1.165) is 36.0 Å². The number of halogens is 1. The summed E-state index contributed by atoms with van der Waals surface area (Å²) in [5.74, 6) is 2.56. The van der Waals surface area contributed by atoms with E-state index in [-0.39, 0.29) is 12.4 Å². The standard InChI is InChI=1S/C10H10N2O2.ClH/c1-2-8-9(14-6-13-8)5-7(1)10-11-3-4-12-10;/h1-2,5H,3-4,6H2,(H,11,12);1H. The number of hydrogen-bond acceptors (Lipinski definition) is 4. The number of aliphatic imine (C=N–C) groups is 1. The van der Waals surface area contributed by atoms with Crippen LogP contribution < -0.4 is 14.8 Å². The second-order valence-electron chi connectivity index (χ2n) is 3.23. The molecule has 80 valence electrons. The molecule has 0 aromatic heterocycles. The maximum atomic E-state index is 5.29. The first-order valence-electron chi connectivity index (χ1n) is 4.62. The van der Waals surface area contributed by atoms with Gasteiger partial charge >= 0.3 is 0 Å². The van der Waals surface area contributed by atoms with Crippen LogP contribution in [0.3, 0.4) is 0 Å². The van der Waals surface area contributed by atoms with Gasteiger partial charge in [-0.2, -0.15) is 0 Å². The van der Waals surface area contributed by atoms with Crippen molar-refractivity contribution in [2.24, 2.45) is 4.99 Å². The van der Waals surface area contributed by atoms with E-state index in [1.165, 1.54) is 0 Å². The molecule has 0 saturated heterocycles. The van der Waals surface area contributed by atoms with E-state index < -0.39 is 0 Å². The molecular weight excluding hydrogens is 216 g/mol. The first-order chi connectivity index (χ1) is 6.93. The van der Waals surface area contributed by atoms with Crippen molar-refractivity contribution in [1.29, 1.82) is 0 Å². The Morgan fingerprint density at radius 2 is 2.07 bits per heavy atom. The molecule has 0 saturated carbocycles. The Bertz CT molecular complexity index is 406. The molecule has 0 bridgehead atoms. The molecular formula is C10H11ClN2O2. The Kier molecular flexibility index (Phi) is 2.68. The molecule has 0 radical (unpaired) electrons. The van der Waals surface area contributed by atoms with Crippen molar-refractivity contribution in [3.63, 3.8) is 0 Å². The lowest BCUT2D eigenvalue weighted by atomic mass is 10.2. The average Bonchev–Trinajstić information content (AvgIpc) is 2.88. The minimum absolute atomic E-state index is 0. The minimum Gasteiger partial charge on any atom is -0.454 e. The predicted octanol–water partition coefficient (Wildman–Crippen LogP) is 1.19. The normalized spacial score (nSPS) is 16.7. The van der Waals surface area contributed by atoms with Crippen LogP contribution in [0.15, 0.2) is 23.2 Å². The van der Waals surface area contributed by atoms with Crippen LogP contribution in [0.1, 0.15) is 5.56 Å². The van der Waals surface area contributed by atoms with Crippen molar-refractivity contribution in [3.8, 4) is 11.5 Å². The maximum absolute atomic E-state index is 5.29. The maximum Gasteiger partial charge on any atom is 0.231 e. The summed E-state index contributed by atoms with van der Waals surface area (Å²) in [5.41, 5.74) is 1.06. The highest BCUT2D eigenvalue weighted by molar-refractivity contribution is 6.00. The molecule has 0 fully saturated rings. The molecule has 0 aliphatic carbocycles. The summed E-state index contributed by atoms with van der Waals surface area (Å²) >= 11 is 0. The van der Waals surface area contributed by atoms with E-state index in [2.05, 4.69) is 10.3 Å². The molecule has 0 atom stereocenters. The van der Waals surface area contributed by atoms with Crippen LogP contribution in [0.2, 0.25) is 0 Å². The van der Waals surface area contributed by atoms with E-state index in [4.69, 9.17) is 9.47 Å². The summed E-state index contributed by atoms with van der Waals surface area (Å²) in [4.78, 5) is 4.34. The number of benzene rings is 1. The summed E-state index contributed by atoms with van der Waals surface area (Å²) in [5, 5.41) is 3.22. The van der Waals surface area contributed by atoms with Crippen molar-refractivity contribution in [2.45, 2.75) is 0 Å². The van der Waals surface area contributed by atoms with Gasteiger partial charge in [-0.3, -0.25) is 4.99 Å². The molecule has 0 unspecified atom stereocenters. The van der Waals surface area contributed by atoms with Gasteiger partial charge in [0, 0.05) is 12.1 Å². The molecule has 2 heterocycles. The fraction of sp³-hybridized carbons (Fsp3) is 0.300. The first kappa shape index (κ1) is 10.1. The van der Waals surface area contributed by atoms with Gasteiger partial charge in [-0.15, -0.1) is 12.4 Å². The third-order valence-corrected chi connectivity index (χ3v) is 2.32. The third-order valence-electron chi connectivity index (χ3n) is 2.32. The largest absolute Gasteiger partial charge is 0.454 e. The fourth-order valence-corrected chi connectivity index (χ4v) is 1.64. The lowest BCUT2D eigenvalue weighted by molar-refractivity contribution is 0.174. The first-order valence-corrected chi connectivity index (χ1v) is 4.62. The van der Waals surface area contributed by atoms with Crippen LogP contribution in [0, 0.1) is 0 Å². The Morgan fingerprint density at radius 1 is 1.20 bits per heavy atom. The van der Waals surface area contributed by atoms with Gasteiger partial charge in [-0.1, -0.05) is 0 Å². The quantitative estimate of drug-likeness (QED) is 0.782. The van der Waals surface area contributed by atoms with E-state index >= 15 is 0 Å². The number of rotatable bonds is 1. The highest BCUT2D eigenvalue weighted by Crippen LogP contribution is 2.32. The van der Waals surface area contributed by atoms with E-state index in [0.29, 0.717) is 6.79 Å². The lowest BCUT2D eigenvalue weighted by Gasteiger charge is -2.03. The molecule has 5 heteroatoms. The van der Waals surface area contributed by atoms with Gasteiger partial charge in [0.1, 0.15) is 5.84 Å². The van der Waals surface area contributed by atoms with Gasteiger partial charge in [0.2, 0.25) is 6.79 Å². The minimum atomic E-state index is 0. The van der Waals surface area contributed by atoms with E-state index in [1.54, 1.807) is 0 Å². The van der Waals surface area contributed by atoms with Gasteiger partial charge in [0.25, 0.3) is 0 Å². The Labute approximate surface area is 93.7 Å². The zero-order chi connectivity index (χ0) is 9.38. The molecule has 3 rings (SSSR count). The zero-order valence-corrected chi connectivity index (χ0v) is 8.84. The Balaban J connectivity index is 0.000000853. The molecule has 1 aromatic rings. The molecule has 4 nitrogen and oxygen atoms in total.